The fraction of sp³-hybridized carbons (Fsp3) is 0.545. The number of nitrogens with one attached hydrogen (secondary N) is 2. The van der Waals surface area contributed by atoms with E-state index in [9.17, 15) is 4.79 Å². The lowest BCUT2D eigenvalue weighted by Crippen LogP contribution is -2.40. The van der Waals surface area contributed by atoms with E-state index in [-0.39, 0.29) is 17.5 Å². The molecule has 0 heterocycles. The Morgan fingerprint density at radius 3 is 2.10 bits per heavy atom. The molecule has 0 spiro atoms. The first-order valence-electron chi connectivity index (χ1n) is 9.63. The van der Waals surface area contributed by atoms with E-state index < -0.39 is 20.0 Å². The van der Waals surface area contributed by atoms with Crippen LogP contribution in [0.25, 0.3) is 0 Å². The molecule has 1 aromatic rings. The summed E-state index contributed by atoms with van der Waals surface area (Å²) in [4.78, 5) is 11.7. The molecule has 0 bridgehead atoms. The van der Waals surface area contributed by atoms with Crippen LogP contribution < -0.4 is 10.1 Å². The third-order valence-corrected chi connectivity index (χ3v) is 8.99. The second-order valence-corrected chi connectivity index (χ2v) is 14.0. The molecule has 0 saturated carbocycles. The van der Waals surface area contributed by atoms with Gasteiger partial charge in [-0.05, 0) is 63.2 Å². The van der Waals surface area contributed by atoms with Crippen LogP contribution >= 0.6 is 0 Å². The summed E-state index contributed by atoms with van der Waals surface area (Å²) in [5.74, 6) is 6.55. The van der Waals surface area contributed by atoms with Crippen molar-refractivity contribution >= 4 is 20.2 Å². The summed E-state index contributed by atoms with van der Waals surface area (Å²) in [5.41, 5.74) is -0.0594. The van der Waals surface area contributed by atoms with Gasteiger partial charge in [-0.1, -0.05) is 32.6 Å². The molecule has 0 fully saturated rings. The van der Waals surface area contributed by atoms with Crippen molar-refractivity contribution in [2.45, 2.75) is 65.3 Å². The maximum absolute atomic E-state index is 11.7. The van der Waals surface area contributed by atoms with Gasteiger partial charge in [0.05, 0.1) is 6.61 Å². The van der Waals surface area contributed by atoms with Gasteiger partial charge < -0.3 is 13.9 Å². The van der Waals surface area contributed by atoms with Crippen molar-refractivity contribution in [3.8, 4) is 17.6 Å². The lowest BCUT2D eigenvalue weighted by atomic mass is 10.2. The third-order valence-electron chi connectivity index (χ3n) is 4.52. The fourth-order valence-electron chi connectivity index (χ4n) is 1.85. The molecule has 2 N–H and O–H groups in total. The number of carbonyl (C=O) groups excluding carboxylic acids is 1. The van der Waals surface area contributed by atoms with Crippen LogP contribution in [0.5, 0.6) is 5.75 Å². The molecule has 1 rings (SSSR count). The van der Waals surface area contributed by atoms with Gasteiger partial charge in [-0.15, -0.1) is 0 Å². The standard InChI is InChI=1S/C22H34N2O4Si/c1-21(2,3)28-20(25)24-19(23)17-11-13-18(14-12-17)26-15-9-10-16-27-29(7,8)22(4,5)6/h11-14H,15-16H2,1-8H3,(H2,23,24,25). The maximum Gasteiger partial charge on any atom is 0.413 e. The highest BCUT2D eigenvalue weighted by molar-refractivity contribution is 6.74. The normalized spacial score (nSPS) is 11.9. The van der Waals surface area contributed by atoms with E-state index >= 15 is 0 Å². The van der Waals surface area contributed by atoms with Gasteiger partial charge in [0.25, 0.3) is 0 Å². The van der Waals surface area contributed by atoms with E-state index in [0.29, 0.717) is 17.9 Å². The summed E-state index contributed by atoms with van der Waals surface area (Å²) >= 11 is 0. The summed E-state index contributed by atoms with van der Waals surface area (Å²) in [6.45, 7) is 17.0. The van der Waals surface area contributed by atoms with Crippen LogP contribution in [0.2, 0.25) is 18.1 Å². The summed E-state index contributed by atoms with van der Waals surface area (Å²) in [6.07, 6.45) is -0.655. The molecule has 0 saturated heterocycles. The Bertz CT molecular complexity index is 763. The molecule has 160 valence electrons. The number of amidine groups is 1. The topological polar surface area (TPSA) is 80.6 Å². The second-order valence-electron chi connectivity index (χ2n) is 9.22. The average molecular weight is 419 g/mol. The number of alkyl carbamates (subject to hydrolysis) is 1. The zero-order chi connectivity index (χ0) is 22.3. The van der Waals surface area contributed by atoms with Crippen LogP contribution in [-0.2, 0) is 9.16 Å². The van der Waals surface area contributed by atoms with Gasteiger partial charge in [0, 0.05) is 5.56 Å². The van der Waals surface area contributed by atoms with Gasteiger partial charge in [-0.2, -0.15) is 0 Å². The van der Waals surface area contributed by atoms with Crippen LogP contribution in [0, 0.1) is 17.3 Å². The van der Waals surface area contributed by atoms with E-state index in [4.69, 9.17) is 19.3 Å². The fourth-order valence-corrected chi connectivity index (χ4v) is 2.72. The minimum absolute atomic E-state index is 0.0339. The predicted octanol–water partition coefficient (Wildman–Crippen LogP) is 4.94. The Morgan fingerprint density at radius 2 is 1.59 bits per heavy atom. The molecule has 0 aliphatic rings. The van der Waals surface area contributed by atoms with E-state index in [1.165, 1.54) is 0 Å². The zero-order valence-corrected chi connectivity index (χ0v) is 19.9. The molecule has 0 aliphatic heterocycles. The molecular weight excluding hydrogens is 384 g/mol. The smallest absolute Gasteiger partial charge is 0.413 e. The van der Waals surface area contributed by atoms with E-state index in [1.54, 1.807) is 45.0 Å². The molecule has 7 heteroatoms. The van der Waals surface area contributed by atoms with E-state index in [0.717, 1.165) is 0 Å². The minimum Gasteiger partial charge on any atom is -0.481 e. The number of ether oxygens (including phenoxy) is 2. The summed E-state index contributed by atoms with van der Waals surface area (Å²) in [6, 6.07) is 6.86. The van der Waals surface area contributed by atoms with Crippen molar-refractivity contribution < 1.29 is 18.7 Å². The average Bonchev–Trinajstić information content (AvgIpc) is 2.55. The highest BCUT2D eigenvalue weighted by Crippen LogP contribution is 2.36. The molecule has 0 atom stereocenters. The van der Waals surface area contributed by atoms with Crippen LogP contribution in [0.4, 0.5) is 4.79 Å². The number of hydrogen-bond donors (Lipinski definition) is 2. The van der Waals surface area contributed by atoms with Crippen LogP contribution in [0.15, 0.2) is 24.3 Å². The van der Waals surface area contributed by atoms with Gasteiger partial charge in [-0.25, -0.2) is 4.79 Å². The van der Waals surface area contributed by atoms with Gasteiger partial charge in [0.2, 0.25) is 0 Å². The Labute approximate surface area is 176 Å². The number of rotatable bonds is 5. The number of benzene rings is 1. The van der Waals surface area contributed by atoms with Gasteiger partial charge >= 0.3 is 6.09 Å². The van der Waals surface area contributed by atoms with Gasteiger partial charge in [0.15, 0.2) is 8.32 Å². The number of amides is 1. The summed E-state index contributed by atoms with van der Waals surface area (Å²) < 4.78 is 16.7. The van der Waals surface area contributed by atoms with Gasteiger partial charge in [-0.3, -0.25) is 10.7 Å². The highest BCUT2D eigenvalue weighted by atomic mass is 28.4. The molecule has 0 aliphatic carbocycles. The number of hydrogen-bond acceptors (Lipinski definition) is 5. The molecular formula is C22H34N2O4Si. The van der Waals surface area contributed by atoms with Crippen molar-refractivity contribution in [3.63, 3.8) is 0 Å². The first kappa shape index (κ1) is 24.7. The van der Waals surface area contributed by atoms with Crippen molar-refractivity contribution in [3.05, 3.63) is 29.8 Å². The Morgan fingerprint density at radius 1 is 1.03 bits per heavy atom. The van der Waals surface area contributed by atoms with Crippen LogP contribution in [-0.4, -0.2) is 39.1 Å². The SMILES string of the molecule is CC(C)(C)OC(=O)NC(=N)c1ccc(OCC#CCO[Si](C)(C)C(C)(C)C)cc1. The van der Waals surface area contributed by atoms with E-state index in [1.807, 2.05) is 0 Å². The molecule has 1 aromatic carbocycles. The Hall–Kier alpha value is -2.30. The van der Waals surface area contributed by atoms with Crippen molar-refractivity contribution in [1.29, 1.82) is 5.41 Å². The lowest BCUT2D eigenvalue weighted by molar-refractivity contribution is 0.0563. The second kappa shape index (κ2) is 9.95. The van der Waals surface area contributed by atoms with Crippen LogP contribution in [0.1, 0.15) is 47.1 Å². The first-order chi connectivity index (χ1) is 13.2. The lowest BCUT2D eigenvalue weighted by Gasteiger charge is -2.35. The Balaban J connectivity index is 2.46. The molecule has 6 nitrogen and oxygen atoms in total. The Kier molecular flexibility index (Phi) is 8.48. The summed E-state index contributed by atoms with van der Waals surface area (Å²) in [5, 5.41) is 10.5. The van der Waals surface area contributed by atoms with Gasteiger partial charge in [0.1, 0.15) is 23.8 Å². The first-order valence-corrected chi connectivity index (χ1v) is 12.5. The third kappa shape index (κ3) is 9.16. The summed E-state index contributed by atoms with van der Waals surface area (Å²) in [7, 11) is -1.77. The van der Waals surface area contributed by atoms with Crippen molar-refractivity contribution in [1.82, 2.24) is 5.32 Å². The molecule has 1 amide bonds. The highest BCUT2D eigenvalue weighted by Gasteiger charge is 2.36. The van der Waals surface area contributed by atoms with Crippen molar-refractivity contribution in [2.75, 3.05) is 13.2 Å². The largest absolute Gasteiger partial charge is 0.481 e. The zero-order valence-electron chi connectivity index (χ0n) is 18.9. The molecule has 0 aromatic heterocycles. The molecule has 0 unspecified atom stereocenters. The van der Waals surface area contributed by atoms with E-state index in [2.05, 4.69) is 51.0 Å². The maximum atomic E-state index is 11.7. The molecule has 0 radical (unpaired) electrons. The number of carbonyl (C=O) groups is 1. The minimum atomic E-state index is -1.77. The predicted molar refractivity (Wildman–Crippen MR) is 119 cm³/mol. The molecule has 29 heavy (non-hydrogen) atoms. The monoisotopic (exact) mass is 418 g/mol. The quantitative estimate of drug-likeness (QED) is 0.307. The van der Waals surface area contributed by atoms with Crippen molar-refractivity contribution in [2.24, 2.45) is 0 Å². The van der Waals surface area contributed by atoms with Crippen LogP contribution in [0.3, 0.4) is 0 Å².